The second-order valence-electron chi connectivity index (χ2n) is 6.43. The van der Waals surface area contributed by atoms with E-state index >= 15 is 0 Å². The molecular weight excluding hydrogens is 337 g/mol. The minimum absolute atomic E-state index is 0.198. The number of carbonyl (C=O) groups excluding carboxylic acids is 3. The maximum atomic E-state index is 13.1. The molecule has 0 aliphatic carbocycles. The molecule has 2 rings (SSSR count). The highest BCUT2D eigenvalue weighted by molar-refractivity contribution is 6.38. The maximum absolute atomic E-state index is 13.1. The van der Waals surface area contributed by atoms with Crippen molar-refractivity contribution in [3.8, 4) is 0 Å². The lowest BCUT2D eigenvalue weighted by atomic mass is 10.0. The van der Waals surface area contributed by atoms with Crippen LogP contribution in [-0.2, 0) is 22.3 Å². The Labute approximate surface area is 143 Å². The highest BCUT2D eigenvalue weighted by Crippen LogP contribution is 2.37. The van der Waals surface area contributed by atoms with Gasteiger partial charge >= 0.3 is 18.0 Å². The lowest BCUT2D eigenvalue weighted by Gasteiger charge is -2.31. The number of imide groups is 1. The summed E-state index contributed by atoms with van der Waals surface area (Å²) in [5.41, 5.74) is -1.44. The summed E-state index contributed by atoms with van der Waals surface area (Å²) >= 11 is 0. The van der Waals surface area contributed by atoms with Crippen molar-refractivity contribution in [2.24, 2.45) is 0 Å². The summed E-state index contributed by atoms with van der Waals surface area (Å²) in [5, 5.41) is 0. The number of benzene rings is 1. The average molecular weight is 356 g/mol. The van der Waals surface area contributed by atoms with Gasteiger partial charge in [-0.25, -0.2) is 0 Å². The van der Waals surface area contributed by atoms with E-state index in [1.165, 1.54) is 11.0 Å². The molecule has 0 N–H and O–H groups in total. The Balaban J connectivity index is 2.36. The number of nitrogens with zero attached hydrogens (tertiary/aromatic N) is 2. The van der Waals surface area contributed by atoms with Gasteiger partial charge in [0.1, 0.15) is 0 Å². The molecule has 1 aromatic carbocycles. The first-order valence-corrected chi connectivity index (χ1v) is 7.84. The second-order valence-corrected chi connectivity index (χ2v) is 6.43. The molecular formula is C17H19F3N2O3. The molecule has 136 valence electrons. The average Bonchev–Trinajstić information content (AvgIpc) is 2.82. The fourth-order valence-electron chi connectivity index (χ4n) is 3.05. The van der Waals surface area contributed by atoms with Crippen LogP contribution in [0.25, 0.3) is 0 Å². The van der Waals surface area contributed by atoms with Crippen molar-refractivity contribution in [1.82, 2.24) is 9.80 Å². The summed E-state index contributed by atoms with van der Waals surface area (Å²) in [5.74, 6) is -2.90. The van der Waals surface area contributed by atoms with Crippen LogP contribution in [-0.4, -0.2) is 39.6 Å². The van der Waals surface area contributed by atoms with Gasteiger partial charge in [0.2, 0.25) is 0 Å². The molecule has 8 heteroatoms. The number of amides is 3. The first kappa shape index (κ1) is 19.0. The lowest BCUT2D eigenvalue weighted by molar-refractivity contribution is -0.152. The van der Waals surface area contributed by atoms with E-state index in [1.54, 1.807) is 27.7 Å². The third-order valence-electron chi connectivity index (χ3n) is 4.05. The summed E-state index contributed by atoms with van der Waals surface area (Å²) in [4.78, 5) is 39.1. The van der Waals surface area contributed by atoms with Crippen LogP contribution in [0.2, 0.25) is 0 Å². The predicted molar refractivity (Wildman–Crippen MR) is 83.4 cm³/mol. The molecule has 1 aliphatic rings. The molecule has 0 saturated heterocycles. The van der Waals surface area contributed by atoms with Crippen molar-refractivity contribution in [1.29, 1.82) is 0 Å². The molecule has 0 atom stereocenters. The summed E-state index contributed by atoms with van der Waals surface area (Å²) in [6, 6.07) is 2.62. The smallest absolute Gasteiger partial charge is 0.330 e. The van der Waals surface area contributed by atoms with Gasteiger partial charge in [0.15, 0.2) is 0 Å². The molecule has 0 saturated carbocycles. The minimum Gasteiger partial charge on any atom is -0.330 e. The molecule has 25 heavy (non-hydrogen) atoms. The van der Waals surface area contributed by atoms with Gasteiger partial charge in [-0.05, 0) is 45.4 Å². The maximum Gasteiger partial charge on any atom is 0.416 e. The Morgan fingerprint density at radius 2 is 1.68 bits per heavy atom. The molecule has 0 fully saturated rings. The Kier molecular flexibility index (Phi) is 4.92. The third kappa shape index (κ3) is 3.38. The molecule has 1 aliphatic heterocycles. The van der Waals surface area contributed by atoms with E-state index in [4.69, 9.17) is 0 Å². The van der Waals surface area contributed by atoms with E-state index in [0.717, 1.165) is 12.1 Å². The van der Waals surface area contributed by atoms with E-state index in [0.29, 0.717) is 4.90 Å². The molecule has 1 heterocycles. The van der Waals surface area contributed by atoms with Crippen LogP contribution in [0, 0.1) is 0 Å². The molecule has 1 aromatic rings. The van der Waals surface area contributed by atoms with E-state index in [-0.39, 0.29) is 23.2 Å². The number of halogens is 3. The first-order valence-electron chi connectivity index (χ1n) is 7.84. The fraction of sp³-hybridized carbons (Fsp3) is 0.471. The molecule has 3 amide bonds. The van der Waals surface area contributed by atoms with Crippen molar-refractivity contribution < 1.29 is 27.6 Å². The van der Waals surface area contributed by atoms with Crippen LogP contribution in [0.15, 0.2) is 18.2 Å². The normalized spacial score (nSPS) is 14.3. The summed E-state index contributed by atoms with van der Waals surface area (Å²) in [7, 11) is 0. The van der Waals surface area contributed by atoms with Crippen molar-refractivity contribution in [3.05, 3.63) is 34.9 Å². The van der Waals surface area contributed by atoms with Gasteiger partial charge in [0.05, 0.1) is 12.1 Å². The first-order chi connectivity index (χ1) is 11.5. The molecule has 5 nitrogen and oxygen atoms in total. The SMILES string of the molecule is CC(C)N(C(=O)C(=O)N1Cc2c(cccc2C(F)(F)F)C1=O)C(C)C. The van der Waals surface area contributed by atoms with Crippen molar-refractivity contribution >= 4 is 17.7 Å². The Hall–Kier alpha value is -2.38. The Morgan fingerprint density at radius 3 is 2.16 bits per heavy atom. The highest BCUT2D eigenvalue weighted by Gasteiger charge is 2.43. The Morgan fingerprint density at radius 1 is 1.12 bits per heavy atom. The van der Waals surface area contributed by atoms with Gasteiger partial charge in [-0.3, -0.25) is 19.3 Å². The Bertz CT molecular complexity index is 718. The van der Waals surface area contributed by atoms with E-state index in [2.05, 4.69) is 0 Å². The third-order valence-corrected chi connectivity index (χ3v) is 4.05. The van der Waals surface area contributed by atoms with Crippen molar-refractivity contribution in [2.75, 3.05) is 0 Å². The molecule has 0 radical (unpaired) electrons. The van der Waals surface area contributed by atoms with Gasteiger partial charge in [0, 0.05) is 17.6 Å². The van der Waals surface area contributed by atoms with Crippen LogP contribution >= 0.6 is 0 Å². The van der Waals surface area contributed by atoms with Gasteiger partial charge in [-0.1, -0.05) is 6.07 Å². The van der Waals surface area contributed by atoms with Crippen LogP contribution < -0.4 is 0 Å². The van der Waals surface area contributed by atoms with Crippen LogP contribution in [0.4, 0.5) is 13.2 Å². The topological polar surface area (TPSA) is 57.7 Å². The minimum atomic E-state index is -4.64. The largest absolute Gasteiger partial charge is 0.416 e. The zero-order chi connectivity index (χ0) is 19.1. The standard InChI is InChI=1S/C17H19F3N2O3/c1-9(2)22(10(3)4)16(25)15(24)21-8-12-11(14(21)23)6-5-7-13(12)17(18,19)20/h5-7,9-10H,8H2,1-4H3. The number of rotatable bonds is 2. The number of alkyl halides is 3. The van der Waals surface area contributed by atoms with E-state index < -0.39 is 36.0 Å². The van der Waals surface area contributed by atoms with Crippen LogP contribution in [0.1, 0.15) is 49.2 Å². The van der Waals surface area contributed by atoms with Crippen LogP contribution in [0.3, 0.4) is 0 Å². The fourth-order valence-corrected chi connectivity index (χ4v) is 3.05. The second kappa shape index (κ2) is 6.50. The predicted octanol–water partition coefficient (Wildman–Crippen LogP) is 2.83. The van der Waals surface area contributed by atoms with Crippen molar-refractivity contribution in [2.45, 2.75) is 52.5 Å². The summed E-state index contributed by atoms with van der Waals surface area (Å²) in [6.45, 7) is 6.31. The zero-order valence-electron chi connectivity index (χ0n) is 14.3. The monoisotopic (exact) mass is 356 g/mol. The van der Waals surface area contributed by atoms with Gasteiger partial charge in [-0.2, -0.15) is 13.2 Å². The van der Waals surface area contributed by atoms with E-state index in [1.807, 2.05) is 0 Å². The zero-order valence-corrected chi connectivity index (χ0v) is 14.3. The molecule has 0 aromatic heterocycles. The number of hydrogen-bond acceptors (Lipinski definition) is 3. The number of fused-ring (bicyclic) bond motifs is 1. The summed E-state index contributed by atoms with van der Waals surface area (Å²) in [6.07, 6.45) is -4.64. The van der Waals surface area contributed by atoms with E-state index in [9.17, 15) is 27.6 Å². The lowest BCUT2D eigenvalue weighted by Crippen LogP contribution is -2.50. The molecule has 0 bridgehead atoms. The number of hydrogen-bond donors (Lipinski definition) is 0. The summed E-state index contributed by atoms with van der Waals surface area (Å²) < 4.78 is 39.3. The van der Waals surface area contributed by atoms with Gasteiger partial charge in [-0.15, -0.1) is 0 Å². The van der Waals surface area contributed by atoms with Crippen LogP contribution in [0.5, 0.6) is 0 Å². The van der Waals surface area contributed by atoms with Crippen molar-refractivity contribution in [3.63, 3.8) is 0 Å². The van der Waals surface area contributed by atoms with Gasteiger partial charge < -0.3 is 4.90 Å². The quantitative estimate of drug-likeness (QED) is 0.766. The molecule has 0 spiro atoms. The van der Waals surface area contributed by atoms with Gasteiger partial charge in [0.25, 0.3) is 5.91 Å². The number of carbonyl (C=O) groups is 3. The highest BCUT2D eigenvalue weighted by atomic mass is 19.4. The molecule has 0 unspecified atom stereocenters.